The average Bonchev–Trinajstić information content (AvgIpc) is 2.88. The van der Waals surface area contributed by atoms with Crippen molar-refractivity contribution in [2.75, 3.05) is 25.0 Å². The van der Waals surface area contributed by atoms with Gasteiger partial charge in [-0.3, -0.25) is 4.79 Å². The van der Waals surface area contributed by atoms with Crippen LogP contribution in [0, 0.1) is 13.8 Å². The van der Waals surface area contributed by atoms with E-state index in [-0.39, 0.29) is 5.91 Å². The molecule has 0 aliphatic heterocycles. The lowest BCUT2D eigenvalue weighted by molar-refractivity contribution is 0.0784. The molecule has 0 bridgehead atoms. The zero-order valence-corrected chi connectivity index (χ0v) is 14.6. The second-order valence-corrected chi connectivity index (χ2v) is 5.68. The van der Waals surface area contributed by atoms with Crippen molar-refractivity contribution in [3.8, 4) is 0 Å². The molecule has 0 radical (unpaired) electrons. The number of carbonyl (C=O) groups excluding carboxylic acids is 1. The number of amides is 1. The monoisotopic (exact) mass is 315 g/mol. The third-order valence-electron chi connectivity index (χ3n) is 4.17. The summed E-state index contributed by atoms with van der Waals surface area (Å²) in [7, 11) is 1.80. The summed E-state index contributed by atoms with van der Waals surface area (Å²) in [6.45, 7) is 10.4. The second kappa shape index (κ2) is 7.31. The van der Waals surface area contributed by atoms with Gasteiger partial charge in [-0.1, -0.05) is 5.16 Å². The van der Waals surface area contributed by atoms with Crippen molar-refractivity contribution in [3.05, 3.63) is 46.8 Å². The molecule has 124 valence electrons. The first-order valence-corrected chi connectivity index (χ1v) is 8.00. The van der Waals surface area contributed by atoms with E-state index in [1.807, 2.05) is 38.1 Å². The smallest absolute Gasteiger partial charge is 0.253 e. The summed E-state index contributed by atoms with van der Waals surface area (Å²) in [4.78, 5) is 16.5. The van der Waals surface area contributed by atoms with Crippen molar-refractivity contribution in [2.24, 2.45) is 0 Å². The molecule has 0 aliphatic carbocycles. The standard InChI is InChI=1S/C18H25N3O2/c1-6-21(7-2)16-10-8-15(9-11-16)18(22)20(5)12-17-13(3)19-23-14(17)4/h8-11H,6-7,12H2,1-5H3. The topological polar surface area (TPSA) is 49.6 Å². The van der Waals surface area contributed by atoms with Crippen LogP contribution in [0.25, 0.3) is 0 Å². The molecule has 0 spiro atoms. The van der Waals surface area contributed by atoms with E-state index in [4.69, 9.17) is 4.52 Å². The number of aromatic nitrogens is 1. The molecule has 1 aromatic carbocycles. The minimum absolute atomic E-state index is 0.00361. The lowest BCUT2D eigenvalue weighted by Crippen LogP contribution is -2.27. The Labute approximate surface area is 137 Å². The molecule has 0 saturated carbocycles. The van der Waals surface area contributed by atoms with Gasteiger partial charge in [-0.25, -0.2) is 0 Å². The molecule has 2 aromatic rings. The van der Waals surface area contributed by atoms with Gasteiger partial charge in [0.05, 0.1) is 12.2 Å². The number of hydrogen-bond donors (Lipinski definition) is 0. The maximum absolute atomic E-state index is 12.6. The summed E-state index contributed by atoms with van der Waals surface area (Å²) >= 11 is 0. The third kappa shape index (κ3) is 3.73. The van der Waals surface area contributed by atoms with E-state index in [0.29, 0.717) is 12.1 Å². The fourth-order valence-electron chi connectivity index (χ4n) is 2.66. The molecular weight excluding hydrogens is 290 g/mol. The Balaban J connectivity index is 2.10. The summed E-state index contributed by atoms with van der Waals surface area (Å²) in [5.41, 5.74) is 3.63. The van der Waals surface area contributed by atoms with Gasteiger partial charge in [-0.05, 0) is 52.0 Å². The number of carbonyl (C=O) groups is 1. The van der Waals surface area contributed by atoms with E-state index in [9.17, 15) is 4.79 Å². The van der Waals surface area contributed by atoms with E-state index in [2.05, 4.69) is 23.9 Å². The van der Waals surface area contributed by atoms with Crippen molar-refractivity contribution < 1.29 is 9.32 Å². The molecule has 0 saturated heterocycles. The maximum Gasteiger partial charge on any atom is 0.253 e. The van der Waals surface area contributed by atoms with Crippen LogP contribution < -0.4 is 4.90 Å². The van der Waals surface area contributed by atoms with Crippen molar-refractivity contribution in [2.45, 2.75) is 34.2 Å². The minimum Gasteiger partial charge on any atom is -0.372 e. The summed E-state index contributed by atoms with van der Waals surface area (Å²) < 4.78 is 5.15. The maximum atomic E-state index is 12.6. The van der Waals surface area contributed by atoms with Crippen LogP contribution in [0.2, 0.25) is 0 Å². The highest BCUT2D eigenvalue weighted by molar-refractivity contribution is 5.94. The van der Waals surface area contributed by atoms with E-state index >= 15 is 0 Å². The molecule has 1 aromatic heterocycles. The first-order chi connectivity index (χ1) is 11.0. The van der Waals surface area contributed by atoms with E-state index in [1.165, 1.54) is 0 Å². The average molecular weight is 315 g/mol. The Bertz CT molecular complexity index is 638. The zero-order valence-electron chi connectivity index (χ0n) is 14.6. The van der Waals surface area contributed by atoms with Crippen LogP contribution in [0.3, 0.4) is 0 Å². The normalized spacial score (nSPS) is 10.7. The molecule has 0 atom stereocenters. The summed E-state index contributed by atoms with van der Waals surface area (Å²) in [5.74, 6) is 0.759. The molecule has 2 rings (SSSR count). The fourth-order valence-corrected chi connectivity index (χ4v) is 2.66. The van der Waals surface area contributed by atoms with Crippen molar-refractivity contribution in [1.29, 1.82) is 0 Å². The van der Waals surface area contributed by atoms with Crippen LogP contribution in [0.4, 0.5) is 5.69 Å². The molecule has 0 N–H and O–H groups in total. The summed E-state index contributed by atoms with van der Waals surface area (Å²) in [6, 6.07) is 7.79. The first kappa shape index (κ1) is 17.1. The predicted molar refractivity (Wildman–Crippen MR) is 91.8 cm³/mol. The minimum atomic E-state index is -0.00361. The van der Waals surface area contributed by atoms with Crippen molar-refractivity contribution >= 4 is 11.6 Å². The molecule has 23 heavy (non-hydrogen) atoms. The Hall–Kier alpha value is -2.30. The van der Waals surface area contributed by atoms with Crippen LogP contribution in [-0.2, 0) is 6.54 Å². The Morgan fingerprint density at radius 1 is 1.13 bits per heavy atom. The van der Waals surface area contributed by atoms with Gasteiger partial charge in [0.15, 0.2) is 0 Å². The number of aryl methyl sites for hydroxylation is 2. The highest BCUT2D eigenvalue weighted by Gasteiger charge is 2.17. The first-order valence-electron chi connectivity index (χ1n) is 8.00. The lowest BCUT2D eigenvalue weighted by Gasteiger charge is -2.22. The van der Waals surface area contributed by atoms with Gasteiger partial charge >= 0.3 is 0 Å². The van der Waals surface area contributed by atoms with Gasteiger partial charge in [0.25, 0.3) is 5.91 Å². The number of nitrogens with zero attached hydrogens (tertiary/aromatic N) is 3. The quantitative estimate of drug-likeness (QED) is 0.819. The van der Waals surface area contributed by atoms with Gasteiger partial charge in [0.1, 0.15) is 5.76 Å². The van der Waals surface area contributed by atoms with Crippen LogP contribution in [0.5, 0.6) is 0 Å². The van der Waals surface area contributed by atoms with Gasteiger partial charge < -0.3 is 14.3 Å². The molecular formula is C18H25N3O2. The Morgan fingerprint density at radius 3 is 2.22 bits per heavy atom. The number of rotatable bonds is 6. The second-order valence-electron chi connectivity index (χ2n) is 5.68. The van der Waals surface area contributed by atoms with Gasteiger partial charge in [0, 0.05) is 37.0 Å². The van der Waals surface area contributed by atoms with Crippen LogP contribution in [0.1, 0.15) is 41.2 Å². The van der Waals surface area contributed by atoms with E-state index in [1.54, 1.807) is 11.9 Å². The molecule has 5 heteroatoms. The molecule has 0 aliphatic rings. The van der Waals surface area contributed by atoms with Crippen molar-refractivity contribution in [1.82, 2.24) is 10.1 Å². The largest absolute Gasteiger partial charge is 0.372 e. The third-order valence-corrected chi connectivity index (χ3v) is 4.17. The predicted octanol–water partition coefficient (Wildman–Crippen LogP) is 3.41. The summed E-state index contributed by atoms with van der Waals surface area (Å²) in [5, 5.41) is 3.93. The number of anilines is 1. The molecule has 1 heterocycles. The van der Waals surface area contributed by atoms with Gasteiger partial charge in [-0.15, -0.1) is 0 Å². The van der Waals surface area contributed by atoms with Crippen LogP contribution >= 0.6 is 0 Å². The van der Waals surface area contributed by atoms with Crippen LogP contribution in [-0.4, -0.2) is 36.1 Å². The zero-order chi connectivity index (χ0) is 17.0. The molecule has 0 fully saturated rings. The molecule has 0 unspecified atom stereocenters. The van der Waals surface area contributed by atoms with Gasteiger partial charge in [-0.2, -0.15) is 0 Å². The molecule has 5 nitrogen and oxygen atoms in total. The van der Waals surface area contributed by atoms with Gasteiger partial charge in [0.2, 0.25) is 0 Å². The Kier molecular flexibility index (Phi) is 5.42. The summed E-state index contributed by atoms with van der Waals surface area (Å²) in [6.07, 6.45) is 0. The van der Waals surface area contributed by atoms with Crippen molar-refractivity contribution in [3.63, 3.8) is 0 Å². The van der Waals surface area contributed by atoms with E-state index < -0.39 is 0 Å². The fraction of sp³-hybridized carbons (Fsp3) is 0.444. The highest BCUT2D eigenvalue weighted by atomic mass is 16.5. The Morgan fingerprint density at radius 2 is 1.74 bits per heavy atom. The highest BCUT2D eigenvalue weighted by Crippen LogP contribution is 2.18. The van der Waals surface area contributed by atoms with E-state index in [0.717, 1.165) is 35.8 Å². The lowest BCUT2D eigenvalue weighted by atomic mass is 10.1. The number of benzene rings is 1. The molecule has 1 amide bonds. The number of hydrogen-bond acceptors (Lipinski definition) is 4. The SMILES string of the molecule is CCN(CC)c1ccc(C(=O)N(C)Cc2c(C)noc2C)cc1. The van der Waals surface area contributed by atoms with Crippen LogP contribution in [0.15, 0.2) is 28.8 Å².